The van der Waals surface area contributed by atoms with Gasteiger partial charge in [-0.3, -0.25) is 4.79 Å². The lowest BCUT2D eigenvalue weighted by molar-refractivity contribution is -0.119. The average molecular weight is 306 g/mol. The number of carbonyl (C=O) groups excluding carboxylic acids is 1. The molecule has 2 aromatic carbocycles. The summed E-state index contributed by atoms with van der Waals surface area (Å²) in [6, 6.07) is 14.9. The first kappa shape index (κ1) is 15.0. The number of likely N-dealkylation sites (N-methyl/N-ethyl adjacent to an activating group) is 1. The Morgan fingerprint density at radius 1 is 1.17 bits per heavy atom. The molecule has 0 aliphatic rings. The molecular formula is C19H18N2O2. The summed E-state index contributed by atoms with van der Waals surface area (Å²) in [5.41, 5.74) is 4.64. The van der Waals surface area contributed by atoms with Crippen LogP contribution in [0.2, 0.25) is 0 Å². The van der Waals surface area contributed by atoms with Crippen molar-refractivity contribution in [1.29, 1.82) is 0 Å². The predicted molar refractivity (Wildman–Crippen MR) is 91.4 cm³/mol. The van der Waals surface area contributed by atoms with E-state index >= 15 is 0 Å². The van der Waals surface area contributed by atoms with Crippen LogP contribution in [-0.4, -0.2) is 23.0 Å². The van der Waals surface area contributed by atoms with Gasteiger partial charge in [-0.05, 0) is 48.4 Å². The molecule has 0 bridgehead atoms. The average Bonchev–Trinajstić information content (AvgIpc) is 2.55. The molecule has 23 heavy (non-hydrogen) atoms. The van der Waals surface area contributed by atoms with E-state index in [4.69, 9.17) is 0 Å². The van der Waals surface area contributed by atoms with Gasteiger partial charge in [0.05, 0.1) is 17.6 Å². The molecule has 0 spiro atoms. The highest BCUT2D eigenvalue weighted by atomic mass is 16.3. The summed E-state index contributed by atoms with van der Waals surface area (Å²) >= 11 is 0. The summed E-state index contributed by atoms with van der Waals surface area (Å²) in [5, 5.41) is 13.3. The largest absolute Gasteiger partial charge is 0.508 e. The van der Waals surface area contributed by atoms with Gasteiger partial charge in [0.25, 0.3) is 0 Å². The summed E-state index contributed by atoms with van der Waals surface area (Å²) in [5.74, 6) is 0.217. The van der Waals surface area contributed by atoms with Gasteiger partial charge in [-0.15, -0.1) is 0 Å². The number of pyridine rings is 1. The summed E-state index contributed by atoms with van der Waals surface area (Å²) in [6.45, 7) is 2.03. The molecule has 1 amide bonds. The number of aromatic nitrogens is 1. The first-order valence-corrected chi connectivity index (χ1v) is 7.47. The number of rotatable bonds is 3. The second-order valence-corrected chi connectivity index (χ2v) is 5.58. The number of carbonyl (C=O) groups is 1. The molecule has 1 aromatic heterocycles. The van der Waals surface area contributed by atoms with Gasteiger partial charge in [-0.25, -0.2) is 4.98 Å². The first-order valence-electron chi connectivity index (χ1n) is 7.47. The van der Waals surface area contributed by atoms with Crippen molar-refractivity contribution in [2.75, 3.05) is 7.05 Å². The third-order valence-corrected chi connectivity index (χ3v) is 3.87. The second kappa shape index (κ2) is 6.08. The molecule has 0 aliphatic carbocycles. The molecule has 3 rings (SSSR count). The Hall–Kier alpha value is -2.88. The van der Waals surface area contributed by atoms with Crippen LogP contribution in [0, 0.1) is 6.92 Å². The van der Waals surface area contributed by atoms with Crippen molar-refractivity contribution >= 4 is 16.8 Å². The lowest BCUT2D eigenvalue weighted by Gasteiger charge is -2.09. The Balaban J connectivity index is 2.06. The number of nitrogens with zero attached hydrogens (tertiary/aromatic N) is 1. The van der Waals surface area contributed by atoms with Crippen LogP contribution in [0.5, 0.6) is 5.75 Å². The number of benzene rings is 2. The zero-order chi connectivity index (χ0) is 16.4. The minimum absolute atomic E-state index is 0.00802. The molecule has 0 unspecified atom stereocenters. The Morgan fingerprint density at radius 2 is 2.00 bits per heavy atom. The smallest absolute Gasteiger partial charge is 0.224 e. The van der Waals surface area contributed by atoms with Crippen molar-refractivity contribution in [3.63, 3.8) is 0 Å². The van der Waals surface area contributed by atoms with Gasteiger partial charge < -0.3 is 10.4 Å². The standard InChI is InChI=1S/C19H18N2O2/c1-12-8-18(14-4-3-5-15(22)11-14)21-17-7-6-13(9-16(12)17)10-19(23)20-2/h3-9,11,22H,10H2,1-2H3,(H,20,23). The van der Waals surface area contributed by atoms with E-state index in [2.05, 4.69) is 10.3 Å². The topological polar surface area (TPSA) is 62.2 Å². The van der Waals surface area contributed by atoms with Crippen molar-refractivity contribution in [3.05, 3.63) is 59.7 Å². The number of hydrogen-bond donors (Lipinski definition) is 2. The van der Waals surface area contributed by atoms with Gasteiger partial charge in [0, 0.05) is 18.0 Å². The number of phenolic OH excluding ortho intramolecular Hbond substituents is 1. The van der Waals surface area contributed by atoms with Gasteiger partial charge in [-0.2, -0.15) is 0 Å². The van der Waals surface area contributed by atoms with Gasteiger partial charge in [0.15, 0.2) is 0 Å². The maximum Gasteiger partial charge on any atom is 0.224 e. The van der Waals surface area contributed by atoms with E-state index in [1.165, 1.54) is 0 Å². The Kier molecular flexibility index (Phi) is 3.98. The van der Waals surface area contributed by atoms with Crippen molar-refractivity contribution < 1.29 is 9.90 Å². The molecule has 2 N–H and O–H groups in total. The van der Waals surface area contributed by atoms with E-state index in [0.29, 0.717) is 6.42 Å². The van der Waals surface area contributed by atoms with E-state index in [1.54, 1.807) is 25.2 Å². The number of aryl methyl sites for hydroxylation is 1. The highest BCUT2D eigenvalue weighted by molar-refractivity contribution is 5.87. The molecule has 0 saturated heterocycles. The minimum Gasteiger partial charge on any atom is -0.508 e. The molecule has 1 heterocycles. The van der Waals surface area contributed by atoms with Crippen LogP contribution in [0.3, 0.4) is 0 Å². The van der Waals surface area contributed by atoms with E-state index in [1.807, 2.05) is 37.3 Å². The summed E-state index contributed by atoms with van der Waals surface area (Å²) in [4.78, 5) is 16.2. The van der Waals surface area contributed by atoms with Crippen LogP contribution < -0.4 is 5.32 Å². The maximum absolute atomic E-state index is 11.5. The zero-order valence-corrected chi connectivity index (χ0v) is 13.1. The number of phenols is 1. The molecular weight excluding hydrogens is 288 g/mol. The van der Waals surface area contributed by atoms with E-state index < -0.39 is 0 Å². The molecule has 4 heteroatoms. The molecule has 0 aliphatic heterocycles. The summed E-state index contributed by atoms with van der Waals surface area (Å²) in [6.07, 6.45) is 0.361. The van der Waals surface area contributed by atoms with Crippen LogP contribution in [0.25, 0.3) is 22.2 Å². The van der Waals surface area contributed by atoms with Crippen LogP contribution in [0.15, 0.2) is 48.5 Å². The van der Waals surface area contributed by atoms with Gasteiger partial charge in [-0.1, -0.05) is 18.2 Å². The van der Waals surface area contributed by atoms with Crippen LogP contribution in [-0.2, 0) is 11.2 Å². The maximum atomic E-state index is 11.5. The molecule has 116 valence electrons. The normalized spacial score (nSPS) is 10.7. The van der Waals surface area contributed by atoms with E-state index in [0.717, 1.165) is 33.3 Å². The van der Waals surface area contributed by atoms with E-state index in [-0.39, 0.29) is 11.7 Å². The Bertz CT molecular complexity index is 888. The molecule has 0 radical (unpaired) electrons. The number of hydrogen-bond acceptors (Lipinski definition) is 3. The lowest BCUT2D eigenvalue weighted by Crippen LogP contribution is -2.19. The van der Waals surface area contributed by atoms with Crippen molar-refractivity contribution in [2.24, 2.45) is 0 Å². The van der Waals surface area contributed by atoms with Crippen LogP contribution >= 0.6 is 0 Å². The number of fused-ring (bicyclic) bond motifs is 1. The van der Waals surface area contributed by atoms with Crippen LogP contribution in [0.1, 0.15) is 11.1 Å². The minimum atomic E-state index is -0.00802. The monoisotopic (exact) mass is 306 g/mol. The van der Waals surface area contributed by atoms with Crippen molar-refractivity contribution in [3.8, 4) is 17.0 Å². The molecule has 0 atom stereocenters. The first-order chi connectivity index (χ1) is 11.1. The number of aromatic hydroxyl groups is 1. The van der Waals surface area contributed by atoms with Crippen LogP contribution in [0.4, 0.5) is 0 Å². The lowest BCUT2D eigenvalue weighted by atomic mass is 10.0. The fraction of sp³-hybridized carbons (Fsp3) is 0.158. The zero-order valence-electron chi connectivity index (χ0n) is 13.1. The van der Waals surface area contributed by atoms with Gasteiger partial charge in [0.1, 0.15) is 5.75 Å². The Morgan fingerprint density at radius 3 is 2.74 bits per heavy atom. The Labute approximate surface area is 134 Å². The highest BCUT2D eigenvalue weighted by Crippen LogP contribution is 2.27. The predicted octanol–water partition coefficient (Wildman–Crippen LogP) is 3.20. The third-order valence-electron chi connectivity index (χ3n) is 3.87. The fourth-order valence-electron chi connectivity index (χ4n) is 2.64. The van der Waals surface area contributed by atoms with Gasteiger partial charge >= 0.3 is 0 Å². The molecule has 0 fully saturated rings. The van der Waals surface area contributed by atoms with Crippen molar-refractivity contribution in [2.45, 2.75) is 13.3 Å². The molecule has 0 saturated carbocycles. The number of nitrogens with one attached hydrogen (secondary N) is 1. The summed E-state index contributed by atoms with van der Waals surface area (Å²) in [7, 11) is 1.64. The SMILES string of the molecule is CNC(=O)Cc1ccc2nc(-c3cccc(O)c3)cc(C)c2c1. The summed E-state index contributed by atoms with van der Waals surface area (Å²) < 4.78 is 0. The third kappa shape index (κ3) is 3.16. The van der Waals surface area contributed by atoms with Gasteiger partial charge in [0.2, 0.25) is 5.91 Å². The van der Waals surface area contributed by atoms with Crippen molar-refractivity contribution in [1.82, 2.24) is 10.3 Å². The van der Waals surface area contributed by atoms with E-state index in [9.17, 15) is 9.90 Å². The molecule has 4 nitrogen and oxygen atoms in total. The molecule has 3 aromatic rings. The number of amides is 1. The highest BCUT2D eigenvalue weighted by Gasteiger charge is 2.08. The fourth-order valence-corrected chi connectivity index (χ4v) is 2.64. The quantitative estimate of drug-likeness (QED) is 0.781. The second-order valence-electron chi connectivity index (χ2n) is 5.58.